The first-order valence-corrected chi connectivity index (χ1v) is 47.7. The molecule has 132 heavy (non-hydrogen) atoms. The molecule has 37 heteroatoms. The van der Waals surface area contributed by atoms with Crippen molar-refractivity contribution >= 4 is 93.6 Å². The first-order valence-electron chi connectivity index (χ1n) is 47.7. The second-order valence-corrected chi connectivity index (χ2v) is 39.6. The van der Waals surface area contributed by atoms with E-state index in [9.17, 15) is 62.6 Å². The molecule has 746 valence electrons. The molecule has 0 spiro atoms. The minimum atomic E-state index is -1.57. The molecule has 0 bridgehead atoms. The average Bonchev–Trinajstić information content (AvgIpc) is 1.67. The maximum absolute atomic E-state index is 15.1. The predicted molar refractivity (Wildman–Crippen MR) is 514 cm³/mol. The van der Waals surface area contributed by atoms with E-state index in [0.717, 1.165) is 40.5 Å². The molecule has 0 saturated carbocycles. The second-order valence-electron chi connectivity index (χ2n) is 39.6. The Morgan fingerprint density at radius 2 is 0.788 bits per heavy atom. The molecule has 0 fully saturated rings. The molecular formula is C95H168N22O15+2. The van der Waals surface area contributed by atoms with Crippen LogP contribution >= 0.6 is 0 Å². The second kappa shape index (κ2) is 59.8. The number of nitrogens with one attached hydrogen (secondary N) is 15. The zero-order chi connectivity index (χ0) is 99.3. The van der Waals surface area contributed by atoms with Crippen LogP contribution in [0, 0.1) is 35.5 Å². The highest BCUT2D eigenvalue weighted by atomic mass is 16.3. The third kappa shape index (κ3) is 44.4. The van der Waals surface area contributed by atoms with Gasteiger partial charge >= 0.3 is 0 Å². The standard InChI is InChI=1S/C95H166N22O15/c1-20-62(12)81(93(130)102-56-78(118)103-63(13)83(120)113-79(60(8)9)95(132)112-75(52-59(6)7)89(126)107-72(44-30-35-49-117(17,18)19)87(124)114-80(61(10)11)94(131)108-73(82(100)119)50-57(2)3)115-88(125)71(43-28-33-47-98)104-85(122)69(41-26-31-45-96)105-91(128)76(53-64-36-22-21-23-37-64)111-90(127)74(51-58(4)5)110-86(123)70(42-27-32-46-97)106-92(129)77(54-65-55-101-68-40-25-24-38-66(65)68)109-84(121)67(99)39-29-34-48-116(14,15)16/h21-25,36-38,40,55,57-63,67,69-77,79-81,95,101,112,132H,20,26-35,39,41-54,56,96-99H2,1-19H3,(H13-2,100,102,103,104,105,106,107,108,109,110,111,113,114,115,118,119,120,121,122,123,124,125,126,127,128,129,130,131)/p+2/t62-,63-,67-,69-,70-,71-,72-,73-,74-,75-,76-,77-,79-,80-,81-,95?/m0/s1. The van der Waals surface area contributed by atoms with Gasteiger partial charge in [0, 0.05) is 29.9 Å². The molecule has 0 radical (unpaired) electrons. The molecule has 0 aliphatic heterocycles. The SMILES string of the molecule is CC[C@H](C)[C@H](NC(=O)[C@H](CCCCN)NC(=O)[C@H](CCCCN)NC(=O)[C@H](Cc1ccccc1)NC(=O)[C@H](CC(C)C)NC(=O)[C@H](CCCCN)NC(=O)[C@H](Cc1c[nH]c2ccccc12)NC(=O)[C@@H](N)CCCC[N+](C)(C)C)C(=O)NCC(=O)N[C@@H](C)C(=O)N[C@@H](C(C)C)C(O)N[C@@H](CC(C)C)C(=O)N[C@@H](CCCC[N+](C)(C)C)C(=O)N[C@H](C(=O)N[C@@H](CC(C)C)C(N)=O)C(C)C. The molecule has 1 aromatic heterocycles. The van der Waals surface area contributed by atoms with Crippen LogP contribution in [0.1, 0.15) is 223 Å². The number of nitrogens with zero attached hydrogens (tertiary/aromatic N) is 2. The molecule has 2 aromatic carbocycles. The van der Waals surface area contributed by atoms with Crippen LogP contribution in [0.25, 0.3) is 10.9 Å². The lowest BCUT2D eigenvalue weighted by Crippen LogP contribution is -2.62. The summed E-state index contributed by atoms with van der Waals surface area (Å²) in [6, 6.07) is -0.357. The monoisotopic (exact) mass is 1860 g/mol. The summed E-state index contributed by atoms with van der Waals surface area (Å²) in [5.74, 6) is -11.8. The third-order valence-corrected chi connectivity index (χ3v) is 23.2. The normalized spacial score (nSPS) is 15.5. The molecule has 0 aliphatic carbocycles. The summed E-state index contributed by atoms with van der Waals surface area (Å²) in [5.41, 5.74) is 32.2. The number of H-pyrrole nitrogens is 1. The van der Waals surface area contributed by atoms with Crippen molar-refractivity contribution in [2.45, 2.75) is 316 Å². The van der Waals surface area contributed by atoms with E-state index in [0.29, 0.717) is 80.7 Å². The van der Waals surface area contributed by atoms with E-state index in [1.165, 1.54) is 6.92 Å². The number of rotatable bonds is 66. The van der Waals surface area contributed by atoms with E-state index >= 15 is 9.59 Å². The maximum Gasteiger partial charge on any atom is 0.243 e. The lowest BCUT2D eigenvalue weighted by Gasteiger charge is -2.33. The number of primary amides is 1. The van der Waals surface area contributed by atoms with Gasteiger partial charge in [0.2, 0.25) is 82.7 Å². The fraction of sp³-hybridized carbons (Fsp3) is 0.705. The molecule has 3 rings (SSSR count). The predicted octanol–water partition coefficient (Wildman–Crippen LogP) is 1.63. The van der Waals surface area contributed by atoms with Gasteiger partial charge in [0.25, 0.3) is 0 Å². The molecule has 0 aliphatic rings. The highest BCUT2D eigenvalue weighted by Crippen LogP contribution is 2.22. The van der Waals surface area contributed by atoms with Crippen molar-refractivity contribution in [1.29, 1.82) is 0 Å². The highest BCUT2D eigenvalue weighted by molar-refractivity contribution is 6.00. The van der Waals surface area contributed by atoms with Crippen LogP contribution in [-0.4, -0.2) is 274 Å². The van der Waals surface area contributed by atoms with Gasteiger partial charge < -0.3 is 117 Å². The topological polar surface area (TPSA) is 574 Å². The van der Waals surface area contributed by atoms with Gasteiger partial charge in [-0.2, -0.15) is 0 Å². The Kier molecular flexibility index (Phi) is 52.7. The molecule has 1 unspecified atom stereocenters. The molecule has 14 amide bonds. The quantitative estimate of drug-likeness (QED) is 0.0217. The van der Waals surface area contributed by atoms with Gasteiger partial charge in [-0.05, 0) is 195 Å². The smallest absolute Gasteiger partial charge is 0.243 e. The van der Waals surface area contributed by atoms with Crippen LogP contribution in [0.4, 0.5) is 0 Å². The number of carbonyl (C=O) groups excluding carboxylic acids is 14. The van der Waals surface area contributed by atoms with Crippen molar-refractivity contribution in [2.24, 2.45) is 64.2 Å². The van der Waals surface area contributed by atoms with Gasteiger partial charge in [-0.1, -0.05) is 138 Å². The minimum Gasteiger partial charge on any atom is -0.376 e. The number of aromatic nitrogens is 1. The zero-order valence-corrected chi connectivity index (χ0v) is 82.4. The molecule has 1 heterocycles. The van der Waals surface area contributed by atoms with E-state index in [1.807, 2.05) is 87.0 Å². The molecule has 3 aromatic rings. The summed E-state index contributed by atoms with van der Waals surface area (Å²) in [6.07, 6.45) is 6.81. The Hall–Kier alpha value is -9.76. The summed E-state index contributed by atoms with van der Waals surface area (Å²) < 4.78 is 1.39. The zero-order valence-electron chi connectivity index (χ0n) is 82.4. The maximum atomic E-state index is 15.1. The number of hydrogen-bond donors (Lipinski definition) is 21. The highest BCUT2D eigenvalue weighted by Gasteiger charge is 2.40. The number of quaternary nitrogens is 2. The van der Waals surface area contributed by atoms with Crippen LogP contribution in [-0.2, 0) is 80.0 Å². The first kappa shape index (κ1) is 116. The number of benzene rings is 2. The number of aromatic amines is 1. The van der Waals surface area contributed by atoms with Crippen molar-refractivity contribution in [2.75, 3.05) is 81.6 Å². The van der Waals surface area contributed by atoms with E-state index < -0.39 is 198 Å². The summed E-state index contributed by atoms with van der Waals surface area (Å²) in [5, 5.41) is 52.1. The Morgan fingerprint density at radius 1 is 0.394 bits per heavy atom. The number of carbonyl (C=O) groups is 14. The molecular weight excluding hydrogens is 1690 g/mol. The Morgan fingerprint density at radius 3 is 1.25 bits per heavy atom. The number of hydrogen-bond acceptors (Lipinski definition) is 20. The number of unbranched alkanes of at least 4 members (excludes halogenated alkanes) is 5. The number of para-hydroxylation sites is 1. The molecule has 16 atom stereocenters. The van der Waals surface area contributed by atoms with Gasteiger partial charge in [-0.25, -0.2) is 0 Å². The van der Waals surface area contributed by atoms with Crippen LogP contribution in [0.5, 0.6) is 0 Å². The number of amides is 14. The van der Waals surface area contributed by atoms with Crippen molar-refractivity contribution in [3.8, 4) is 0 Å². The fourth-order valence-electron chi connectivity index (χ4n) is 15.3. The summed E-state index contributed by atoms with van der Waals surface area (Å²) in [6.45, 7) is 24.7. The van der Waals surface area contributed by atoms with Crippen LogP contribution < -0.4 is 103 Å². The van der Waals surface area contributed by atoms with Crippen molar-refractivity contribution in [3.05, 3.63) is 71.9 Å². The van der Waals surface area contributed by atoms with Crippen molar-refractivity contribution < 1.29 is 81.2 Å². The lowest BCUT2D eigenvalue weighted by molar-refractivity contribution is -0.870. The van der Waals surface area contributed by atoms with E-state index in [2.05, 4.69) is 101 Å². The largest absolute Gasteiger partial charge is 0.376 e. The Bertz CT molecular complexity index is 4080. The van der Waals surface area contributed by atoms with Crippen LogP contribution in [0.3, 0.4) is 0 Å². The molecule has 37 nitrogen and oxygen atoms in total. The Labute approximate surface area is 783 Å². The van der Waals surface area contributed by atoms with Crippen LogP contribution in [0.15, 0.2) is 60.8 Å². The first-order chi connectivity index (χ1) is 62.0. The third-order valence-electron chi connectivity index (χ3n) is 23.2. The van der Waals surface area contributed by atoms with Gasteiger partial charge in [0.15, 0.2) is 0 Å². The Balaban J connectivity index is 1.89. The molecule has 26 N–H and O–H groups in total. The summed E-state index contributed by atoms with van der Waals surface area (Å²) in [4.78, 5) is 204. The van der Waals surface area contributed by atoms with Crippen LogP contribution in [0.2, 0.25) is 0 Å². The number of aliphatic hydroxyl groups is 1. The van der Waals surface area contributed by atoms with E-state index in [-0.39, 0.29) is 95.2 Å². The fourth-order valence-corrected chi connectivity index (χ4v) is 15.3. The summed E-state index contributed by atoms with van der Waals surface area (Å²) in [7, 11) is 12.3. The summed E-state index contributed by atoms with van der Waals surface area (Å²) >= 11 is 0. The lowest BCUT2D eigenvalue weighted by atomic mass is 9.97. The number of nitrogens with two attached hydrogens (primary N) is 5. The van der Waals surface area contributed by atoms with Gasteiger partial charge in [-0.3, -0.25) is 72.4 Å². The van der Waals surface area contributed by atoms with Gasteiger partial charge in [0.05, 0.1) is 80.0 Å². The van der Waals surface area contributed by atoms with Crippen molar-refractivity contribution in [1.82, 2.24) is 79.4 Å². The van der Waals surface area contributed by atoms with E-state index in [4.69, 9.17) is 28.7 Å². The number of aliphatic hydroxyl groups excluding tert-OH is 1. The molecule has 0 saturated heterocycles. The average molecular weight is 1860 g/mol. The van der Waals surface area contributed by atoms with Crippen molar-refractivity contribution in [3.63, 3.8) is 0 Å². The van der Waals surface area contributed by atoms with Gasteiger partial charge in [-0.15, -0.1) is 0 Å². The van der Waals surface area contributed by atoms with E-state index in [1.54, 1.807) is 78.1 Å². The number of fused-ring (bicyclic) bond motifs is 1. The van der Waals surface area contributed by atoms with Gasteiger partial charge in [0.1, 0.15) is 72.7 Å². The minimum absolute atomic E-state index is 0.0153.